The fourth-order valence-electron chi connectivity index (χ4n) is 3.56. The number of carbonyl (C=O) groups is 4. The Kier molecular flexibility index (Phi) is 9.22. The zero-order chi connectivity index (χ0) is 27.3. The Morgan fingerprint density at radius 1 is 1.14 bits per heavy atom. The fraction of sp³-hybridized carbons (Fsp3) is 0.360. The molecule has 37 heavy (non-hydrogen) atoms. The van der Waals surface area contributed by atoms with E-state index in [0.717, 1.165) is 28.7 Å². The zero-order valence-corrected chi connectivity index (χ0v) is 23.1. The largest absolute Gasteiger partial charge is 0.462 e. The summed E-state index contributed by atoms with van der Waals surface area (Å²) in [6.45, 7) is 8.68. The number of aryl methyl sites for hydroxylation is 1. The molecule has 0 radical (unpaired) electrons. The van der Waals surface area contributed by atoms with Crippen molar-refractivity contribution in [3.8, 4) is 0 Å². The number of Topliss-reactive ketones (excluding diaryl/α,β-unsaturated/α-hetero) is 1. The van der Waals surface area contributed by atoms with Crippen molar-refractivity contribution in [1.82, 2.24) is 20.1 Å². The van der Waals surface area contributed by atoms with E-state index in [-0.39, 0.29) is 40.5 Å². The maximum Gasteiger partial charge on any atom is 0.341 e. The highest BCUT2D eigenvalue weighted by Crippen LogP contribution is 2.34. The number of aromatic nitrogens is 3. The number of esters is 1. The lowest BCUT2D eigenvalue weighted by Crippen LogP contribution is -2.28. The van der Waals surface area contributed by atoms with E-state index in [1.807, 2.05) is 19.1 Å². The second-order valence-corrected chi connectivity index (χ2v) is 10.3. The van der Waals surface area contributed by atoms with Gasteiger partial charge in [-0.3, -0.25) is 14.4 Å². The first-order chi connectivity index (χ1) is 17.5. The first-order valence-corrected chi connectivity index (χ1v) is 13.3. The van der Waals surface area contributed by atoms with Gasteiger partial charge in [0.25, 0.3) is 5.91 Å². The van der Waals surface area contributed by atoms with Gasteiger partial charge in [0.2, 0.25) is 5.91 Å². The van der Waals surface area contributed by atoms with Crippen molar-refractivity contribution in [2.75, 3.05) is 17.7 Å². The lowest BCUT2D eigenvalue weighted by Gasteiger charge is -2.13. The second-order valence-electron chi connectivity index (χ2n) is 8.33. The SMILES string of the molecule is CCOC(=O)c1c(NC(=O)CSc2nnc([C@H](C)NC(=O)c3ccc(C)cc3)n2C)sc(C(C)=O)c1C. The Hall–Kier alpha value is -3.51. The summed E-state index contributed by atoms with van der Waals surface area (Å²) < 4.78 is 6.82. The van der Waals surface area contributed by atoms with Crippen LogP contribution in [0.1, 0.15) is 74.2 Å². The topological polar surface area (TPSA) is 132 Å². The normalized spacial score (nSPS) is 11.6. The Labute approximate surface area is 223 Å². The van der Waals surface area contributed by atoms with Crippen molar-refractivity contribution in [3.63, 3.8) is 0 Å². The third-order valence-electron chi connectivity index (χ3n) is 5.45. The summed E-state index contributed by atoms with van der Waals surface area (Å²) >= 11 is 2.21. The number of benzene rings is 1. The minimum atomic E-state index is -0.591. The molecule has 0 unspecified atom stereocenters. The number of hydrogen-bond donors (Lipinski definition) is 2. The van der Waals surface area contributed by atoms with Crippen LogP contribution in [0, 0.1) is 13.8 Å². The molecule has 12 heteroatoms. The maximum atomic E-state index is 12.7. The van der Waals surface area contributed by atoms with Gasteiger partial charge in [-0.15, -0.1) is 21.5 Å². The molecule has 0 spiro atoms. The van der Waals surface area contributed by atoms with Gasteiger partial charge in [0, 0.05) is 12.6 Å². The van der Waals surface area contributed by atoms with Crippen LogP contribution in [-0.4, -0.2) is 50.7 Å². The number of amides is 2. The molecule has 1 atom stereocenters. The summed E-state index contributed by atoms with van der Waals surface area (Å²) in [6.07, 6.45) is 0. The van der Waals surface area contributed by atoms with E-state index in [1.54, 1.807) is 44.5 Å². The Morgan fingerprint density at radius 2 is 1.81 bits per heavy atom. The molecule has 0 aliphatic heterocycles. The molecule has 0 fully saturated rings. The standard InChI is InChI=1S/C25H29N5O5S2/c1-7-35-24(34)19-14(3)20(16(5)31)37-23(19)27-18(32)12-36-25-29-28-21(30(25)6)15(4)26-22(33)17-10-8-13(2)9-11-17/h8-11,15H,7,12H2,1-6H3,(H,26,33)(H,27,32)/t15-/m0/s1. The second kappa shape index (κ2) is 12.2. The van der Waals surface area contributed by atoms with Crippen molar-refractivity contribution in [2.24, 2.45) is 7.05 Å². The van der Waals surface area contributed by atoms with E-state index in [4.69, 9.17) is 4.74 Å². The highest BCUT2D eigenvalue weighted by atomic mass is 32.2. The summed E-state index contributed by atoms with van der Waals surface area (Å²) in [6, 6.07) is 6.85. The van der Waals surface area contributed by atoms with Gasteiger partial charge < -0.3 is 19.9 Å². The van der Waals surface area contributed by atoms with Crippen LogP contribution in [0.15, 0.2) is 29.4 Å². The number of ketones is 1. The molecule has 0 bridgehead atoms. The van der Waals surface area contributed by atoms with Crippen molar-refractivity contribution < 1.29 is 23.9 Å². The minimum absolute atomic E-state index is 0.00923. The van der Waals surface area contributed by atoms with Crippen LogP contribution in [0.4, 0.5) is 5.00 Å². The van der Waals surface area contributed by atoms with Gasteiger partial charge in [0.1, 0.15) is 5.00 Å². The lowest BCUT2D eigenvalue weighted by molar-refractivity contribution is -0.113. The lowest BCUT2D eigenvalue weighted by atomic mass is 10.1. The average Bonchev–Trinajstić information content (AvgIpc) is 3.37. The number of nitrogens with zero attached hydrogens (tertiary/aromatic N) is 3. The monoisotopic (exact) mass is 543 g/mol. The molecule has 2 aromatic heterocycles. The molecule has 10 nitrogen and oxygen atoms in total. The predicted molar refractivity (Wildman–Crippen MR) is 142 cm³/mol. The number of hydrogen-bond acceptors (Lipinski definition) is 9. The number of rotatable bonds is 10. The van der Waals surface area contributed by atoms with E-state index in [9.17, 15) is 19.2 Å². The third-order valence-corrected chi connectivity index (χ3v) is 7.78. The highest BCUT2D eigenvalue weighted by molar-refractivity contribution is 7.99. The van der Waals surface area contributed by atoms with Crippen LogP contribution in [0.2, 0.25) is 0 Å². The van der Waals surface area contributed by atoms with Crippen molar-refractivity contribution in [3.05, 3.63) is 57.2 Å². The van der Waals surface area contributed by atoms with Crippen molar-refractivity contribution in [2.45, 2.75) is 45.8 Å². The molecule has 0 saturated carbocycles. The van der Waals surface area contributed by atoms with Gasteiger partial charge in [-0.05, 0) is 52.3 Å². The first-order valence-electron chi connectivity index (χ1n) is 11.5. The summed E-state index contributed by atoms with van der Waals surface area (Å²) in [5, 5.41) is 14.7. The van der Waals surface area contributed by atoms with E-state index in [2.05, 4.69) is 20.8 Å². The molecule has 3 rings (SSSR count). The molecule has 2 N–H and O–H groups in total. The van der Waals surface area contributed by atoms with Gasteiger partial charge in [-0.1, -0.05) is 29.5 Å². The van der Waals surface area contributed by atoms with Crippen LogP contribution < -0.4 is 10.6 Å². The quantitative estimate of drug-likeness (QED) is 0.222. The molecule has 2 heterocycles. The van der Waals surface area contributed by atoms with Gasteiger partial charge in [0.05, 0.1) is 28.8 Å². The highest BCUT2D eigenvalue weighted by Gasteiger charge is 2.25. The van der Waals surface area contributed by atoms with Gasteiger partial charge in [-0.2, -0.15) is 0 Å². The summed E-state index contributed by atoms with van der Waals surface area (Å²) in [7, 11) is 1.75. The molecule has 0 saturated heterocycles. The molecular formula is C25H29N5O5S2. The number of thioether (sulfide) groups is 1. The van der Waals surface area contributed by atoms with Crippen LogP contribution in [-0.2, 0) is 16.6 Å². The van der Waals surface area contributed by atoms with E-state index < -0.39 is 12.0 Å². The van der Waals surface area contributed by atoms with Gasteiger partial charge in [0.15, 0.2) is 16.8 Å². The summed E-state index contributed by atoms with van der Waals surface area (Å²) in [5.74, 6) is -0.864. The number of nitrogens with one attached hydrogen (secondary N) is 2. The Morgan fingerprint density at radius 3 is 2.43 bits per heavy atom. The first kappa shape index (κ1) is 28.1. The molecule has 0 aliphatic rings. The van der Waals surface area contributed by atoms with Crippen LogP contribution >= 0.6 is 23.1 Å². The van der Waals surface area contributed by atoms with Gasteiger partial charge >= 0.3 is 5.97 Å². The van der Waals surface area contributed by atoms with E-state index in [1.165, 1.54) is 6.92 Å². The van der Waals surface area contributed by atoms with Crippen molar-refractivity contribution >= 4 is 51.7 Å². The smallest absolute Gasteiger partial charge is 0.341 e. The minimum Gasteiger partial charge on any atom is -0.462 e. The molecule has 3 aromatic rings. The fourth-order valence-corrected chi connectivity index (χ4v) is 5.38. The average molecular weight is 544 g/mol. The Balaban J connectivity index is 1.66. The predicted octanol–water partition coefficient (Wildman–Crippen LogP) is 4.09. The van der Waals surface area contributed by atoms with Crippen LogP contribution in [0.25, 0.3) is 0 Å². The third kappa shape index (κ3) is 6.63. The molecule has 1 aromatic carbocycles. The van der Waals surface area contributed by atoms with Crippen molar-refractivity contribution in [1.29, 1.82) is 0 Å². The van der Waals surface area contributed by atoms with Gasteiger partial charge in [-0.25, -0.2) is 4.79 Å². The van der Waals surface area contributed by atoms with E-state index >= 15 is 0 Å². The molecule has 196 valence electrons. The zero-order valence-electron chi connectivity index (χ0n) is 21.5. The number of carbonyl (C=O) groups excluding carboxylic acids is 4. The number of thiophene rings is 1. The number of anilines is 1. The van der Waals surface area contributed by atoms with E-state index in [0.29, 0.717) is 27.0 Å². The summed E-state index contributed by atoms with van der Waals surface area (Å²) in [5.41, 5.74) is 2.28. The number of ether oxygens (including phenoxy) is 1. The molecular weight excluding hydrogens is 514 g/mol. The van der Waals surface area contributed by atoms with Crippen LogP contribution in [0.5, 0.6) is 0 Å². The molecule has 0 aliphatic carbocycles. The molecule has 2 amide bonds. The maximum absolute atomic E-state index is 12.7. The summed E-state index contributed by atoms with van der Waals surface area (Å²) in [4.78, 5) is 50.1. The van der Waals surface area contributed by atoms with Crippen LogP contribution in [0.3, 0.4) is 0 Å². The Bertz CT molecular complexity index is 1330.